The average molecular weight is 195 g/mol. The van der Waals surface area contributed by atoms with Crippen LogP contribution < -0.4 is 0 Å². The standard InChI is InChI=1S/C11H17NO2/c1-3-5-7-10(6-4-2)14-11(13)8-9-12/h4,10H,2-3,5-8H2,1H3. The lowest BCUT2D eigenvalue weighted by molar-refractivity contribution is -0.148. The number of unbranched alkanes of at least 4 members (excludes halogenated alkanes) is 1. The van der Waals surface area contributed by atoms with Crippen molar-refractivity contribution in [1.82, 2.24) is 0 Å². The number of hydrogen-bond donors (Lipinski definition) is 0. The number of esters is 1. The molecule has 0 aliphatic carbocycles. The first-order valence-corrected chi connectivity index (χ1v) is 4.91. The summed E-state index contributed by atoms with van der Waals surface area (Å²) in [6, 6.07) is 1.77. The molecule has 0 saturated carbocycles. The quantitative estimate of drug-likeness (QED) is 0.463. The molecule has 0 aromatic rings. The van der Waals surface area contributed by atoms with Crippen LogP contribution in [0.2, 0.25) is 0 Å². The minimum Gasteiger partial charge on any atom is -0.461 e. The van der Waals surface area contributed by atoms with Gasteiger partial charge in [0, 0.05) is 6.42 Å². The highest BCUT2D eigenvalue weighted by Gasteiger charge is 2.11. The third kappa shape index (κ3) is 6.24. The second-order valence-electron chi connectivity index (χ2n) is 3.11. The van der Waals surface area contributed by atoms with Crippen LogP contribution in [-0.4, -0.2) is 12.1 Å². The Labute approximate surface area is 85.4 Å². The second kappa shape index (κ2) is 8.31. The van der Waals surface area contributed by atoms with Crippen molar-refractivity contribution in [1.29, 1.82) is 5.26 Å². The van der Waals surface area contributed by atoms with Gasteiger partial charge in [-0.05, 0) is 6.42 Å². The van der Waals surface area contributed by atoms with Gasteiger partial charge in [-0.3, -0.25) is 4.79 Å². The topological polar surface area (TPSA) is 50.1 Å². The molecule has 0 saturated heterocycles. The number of rotatable bonds is 7. The highest BCUT2D eigenvalue weighted by atomic mass is 16.5. The SMILES string of the molecule is C=CCC(CCCC)OC(=O)CC#N. The van der Waals surface area contributed by atoms with E-state index in [4.69, 9.17) is 10.00 Å². The minimum absolute atomic E-state index is 0.103. The third-order valence-electron chi connectivity index (χ3n) is 1.83. The van der Waals surface area contributed by atoms with Crippen molar-refractivity contribution in [3.8, 4) is 6.07 Å². The largest absolute Gasteiger partial charge is 0.461 e. The van der Waals surface area contributed by atoms with Crippen LogP contribution in [0.15, 0.2) is 12.7 Å². The molecule has 1 atom stereocenters. The summed E-state index contributed by atoms with van der Waals surface area (Å²) in [5.41, 5.74) is 0. The van der Waals surface area contributed by atoms with E-state index in [2.05, 4.69) is 13.5 Å². The van der Waals surface area contributed by atoms with E-state index >= 15 is 0 Å². The maximum atomic E-state index is 11.0. The van der Waals surface area contributed by atoms with Crippen LogP contribution in [0.1, 0.15) is 39.0 Å². The molecule has 78 valence electrons. The normalized spacial score (nSPS) is 11.4. The van der Waals surface area contributed by atoms with Crippen LogP contribution in [0, 0.1) is 11.3 Å². The lowest BCUT2D eigenvalue weighted by atomic mass is 10.1. The maximum Gasteiger partial charge on any atom is 0.320 e. The van der Waals surface area contributed by atoms with Crippen molar-refractivity contribution >= 4 is 5.97 Å². The molecule has 0 aliphatic rings. The van der Waals surface area contributed by atoms with Crippen molar-refractivity contribution in [2.75, 3.05) is 0 Å². The molecule has 0 bridgehead atoms. The van der Waals surface area contributed by atoms with Crippen molar-refractivity contribution in [3.63, 3.8) is 0 Å². The van der Waals surface area contributed by atoms with Crippen LogP contribution in [0.4, 0.5) is 0 Å². The Kier molecular flexibility index (Phi) is 7.53. The first kappa shape index (κ1) is 12.7. The lowest BCUT2D eigenvalue weighted by Crippen LogP contribution is -2.17. The second-order valence-corrected chi connectivity index (χ2v) is 3.11. The van der Waals surface area contributed by atoms with Crippen LogP contribution in [0.3, 0.4) is 0 Å². The van der Waals surface area contributed by atoms with Crippen LogP contribution in [0.5, 0.6) is 0 Å². The highest BCUT2D eigenvalue weighted by molar-refractivity contribution is 5.71. The summed E-state index contributed by atoms with van der Waals surface area (Å²) in [5, 5.41) is 8.28. The van der Waals surface area contributed by atoms with Gasteiger partial charge in [0.2, 0.25) is 0 Å². The van der Waals surface area contributed by atoms with Crippen LogP contribution >= 0.6 is 0 Å². The summed E-state index contributed by atoms with van der Waals surface area (Å²) in [7, 11) is 0. The Bertz CT molecular complexity index is 218. The van der Waals surface area contributed by atoms with Crippen molar-refractivity contribution in [2.45, 2.75) is 45.1 Å². The van der Waals surface area contributed by atoms with Gasteiger partial charge in [-0.25, -0.2) is 0 Å². The monoisotopic (exact) mass is 195 g/mol. The van der Waals surface area contributed by atoms with Gasteiger partial charge in [0.15, 0.2) is 0 Å². The van der Waals surface area contributed by atoms with Gasteiger partial charge in [0.25, 0.3) is 0 Å². The molecule has 0 amide bonds. The molecule has 14 heavy (non-hydrogen) atoms. The molecule has 0 aromatic carbocycles. The van der Waals surface area contributed by atoms with Gasteiger partial charge in [0.1, 0.15) is 12.5 Å². The van der Waals surface area contributed by atoms with E-state index in [1.165, 1.54) is 0 Å². The van der Waals surface area contributed by atoms with E-state index in [0.29, 0.717) is 6.42 Å². The van der Waals surface area contributed by atoms with Crippen LogP contribution in [-0.2, 0) is 9.53 Å². The summed E-state index contributed by atoms with van der Waals surface area (Å²) < 4.78 is 5.10. The molecule has 0 radical (unpaired) electrons. The van der Waals surface area contributed by atoms with Gasteiger partial charge in [-0.15, -0.1) is 6.58 Å². The Hall–Kier alpha value is -1.30. The van der Waals surface area contributed by atoms with E-state index in [0.717, 1.165) is 19.3 Å². The molecule has 1 unspecified atom stereocenters. The third-order valence-corrected chi connectivity index (χ3v) is 1.83. The first-order chi connectivity index (χ1) is 6.74. The van der Waals surface area contributed by atoms with Gasteiger partial charge in [-0.2, -0.15) is 5.26 Å². The predicted octanol–water partition coefficient (Wildman–Crippen LogP) is 2.58. The lowest BCUT2D eigenvalue weighted by Gasteiger charge is -2.14. The fourth-order valence-corrected chi connectivity index (χ4v) is 1.13. The molecule has 3 nitrogen and oxygen atoms in total. The number of carbonyl (C=O) groups excluding carboxylic acids is 1. The number of nitrogens with zero attached hydrogens (tertiary/aromatic N) is 1. The first-order valence-electron chi connectivity index (χ1n) is 4.91. The fourth-order valence-electron chi connectivity index (χ4n) is 1.13. The zero-order valence-corrected chi connectivity index (χ0v) is 8.66. The van der Waals surface area contributed by atoms with Crippen molar-refractivity contribution in [2.24, 2.45) is 0 Å². The summed E-state index contributed by atoms with van der Waals surface area (Å²) >= 11 is 0. The van der Waals surface area contributed by atoms with Gasteiger partial charge in [-0.1, -0.05) is 25.8 Å². The predicted molar refractivity (Wildman–Crippen MR) is 54.4 cm³/mol. The maximum absolute atomic E-state index is 11.0. The zero-order valence-electron chi connectivity index (χ0n) is 8.66. The molecule has 3 heteroatoms. The van der Waals surface area contributed by atoms with E-state index in [9.17, 15) is 4.79 Å². The molecule has 0 spiro atoms. The number of ether oxygens (including phenoxy) is 1. The zero-order chi connectivity index (χ0) is 10.8. The molecule has 0 aromatic heterocycles. The minimum atomic E-state index is -0.435. The summed E-state index contributed by atoms with van der Waals surface area (Å²) in [4.78, 5) is 11.0. The van der Waals surface area contributed by atoms with E-state index in [-0.39, 0.29) is 12.5 Å². The molecule has 0 rings (SSSR count). The molecule has 0 fully saturated rings. The number of nitriles is 1. The van der Waals surface area contributed by atoms with Gasteiger partial charge >= 0.3 is 5.97 Å². The van der Waals surface area contributed by atoms with Crippen molar-refractivity contribution in [3.05, 3.63) is 12.7 Å². The summed E-state index contributed by atoms with van der Waals surface area (Å²) in [6.07, 6.45) is 5.08. The Morgan fingerprint density at radius 2 is 2.43 bits per heavy atom. The molecular formula is C11H17NO2. The Morgan fingerprint density at radius 3 is 2.93 bits per heavy atom. The number of hydrogen-bond acceptors (Lipinski definition) is 3. The summed E-state index contributed by atoms with van der Waals surface area (Å²) in [6.45, 7) is 5.69. The highest BCUT2D eigenvalue weighted by Crippen LogP contribution is 2.10. The average Bonchev–Trinajstić information content (AvgIpc) is 2.15. The molecule has 0 N–H and O–H groups in total. The molecular weight excluding hydrogens is 178 g/mol. The molecule has 0 heterocycles. The van der Waals surface area contributed by atoms with Crippen molar-refractivity contribution < 1.29 is 9.53 Å². The van der Waals surface area contributed by atoms with Gasteiger partial charge in [0.05, 0.1) is 6.07 Å². The smallest absolute Gasteiger partial charge is 0.320 e. The summed E-state index contributed by atoms with van der Waals surface area (Å²) in [5.74, 6) is -0.435. The van der Waals surface area contributed by atoms with E-state index < -0.39 is 5.97 Å². The fraction of sp³-hybridized carbons (Fsp3) is 0.636. The van der Waals surface area contributed by atoms with Gasteiger partial charge < -0.3 is 4.74 Å². The Balaban J connectivity index is 3.88. The molecule has 0 aliphatic heterocycles. The van der Waals surface area contributed by atoms with E-state index in [1.54, 1.807) is 12.1 Å². The number of carbonyl (C=O) groups is 1. The van der Waals surface area contributed by atoms with E-state index in [1.807, 2.05) is 0 Å². The Morgan fingerprint density at radius 1 is 1.71 bits per heavy atom. The van der Waals surface area contributed by atoms with Crippen LogP contribution in [0.25, 0.3) is 0 Å².